The lowest BCUT2D eigenvalue weighted by atomic mass is 10.0. The number of nitrogens with one attached hydrogen (secondary N) is 1. The van der Waals surface area contributed by atoms with Gasteiger partial charge in [0, 0.05) is 32.7 Å². The average molecular weight is 433 g/mol. The van der Waals surface area contributed by atoms with E-state index in [4.69, 9.17) is 4.98 Å². The van der Waals surface area contributed by atoms with E-state index >= 15 is 0 Å². The highest BCUT2D eigenvalue weighted by Gasteiger charge is 2.30. The molecule has 0 bridgehead atoms. The molecule has 1 saturated heterocycles. The summed E-state index contributed by atoms with van der Waals surface area (Å²) in [6.07, 6.45) is 0. The molecule has 0 radical (unpaired) electrons. The van der Waals surface area contributed by atoms with Gasteiger partial charge in [0.2, 0.25) is 0 Å². The SMILES string of the molecule is c1ccc(CN2CCN(Cc3ccc4ccccc4c3)C(c3nc4ccccc4[nH]3)C2)cc1. The van der Waals surface area contributed by atoms with Crippen LogP contribution in [0.4, 0.5) is 0 Å². The first-order valence-corrected chi connectivity index (χ1v) is 11.7. The van der Waals surface area contributed by atoms with Gasteiger partial charge in [-0.15, -0.1) is 0 Å². The third-order valence-corrected chi connectivity index (χ3v) is 6.75. The number of imidazole rings is 1. The molecule has 1 aliphatic rings. The number of benzene rings is 4. The van der Waals surface area contributed by atoms with Crippen LogP contribution in [-0.2, 0) is 13.1 Å². The van der Waals surface area contributed by atoms with Crippen molar-refractivity contribution in [3.63, 3.8) is 0 Å². The number of hydrogen-bond donors (Lipinski definition) is 1. The van der Waals surface area contributed by atoms with Crippen LogP contribution in [-0.4, -0.2) is 39.4 Å². The standard InChI is InChI=1S/C29H28N4/c1-2-8-22(9-3-1)19-32-16-17-33(20-23-14-15-24-10-4-5-11-25(24)18-23)28(21-32)29-30-26-12-6-7-13-27(26)31-29/h1-15,18,28H,16-17,19-21H2,(H,30,31). The van der Waals surface area contributed by atoms with Crippen LogP contribution in [0.2, 0.25) is 0 Å². The molecule has 6 rings (SSSR count). The Balaban J connectivity index is 1.29. The van der Waals surface area contributed by atoms with Gasteiger partial charge < -0.3 is 4.98 Å². The first-order valence-electron chi connectivity index (χ1n) is 11.7. The summed E-state index contributed by atoms with van der Waals surface area (Å²) >= 11 is 0. The van der Waals surface area contributed by atoms with Crippen LogP contribution in [0.5, 0.6) is 0 Å². The summed E-state index contributed by atoms with van der Waals surface area (Å²) in [7, 11) is 0. The molecular weight excluding hydrogens is 404 g/mol. The van der Waals surface area contributed by atoms with E-state index in [-0.39, 0.29) is 6.04 Å². The molecule has 1 atom stereocenters. The van der Waals surface area contributed by atoms with Crippen molar-refractivity contribution in [3.05, 3.63) is 114 Å². The average Bonchev–Trinajstić information content (AvgIpc) is 3.30. The van der Waals surface area contributed by atoms with E-state index in [2.05, 4.69) is 112 Å². The normalized spacial score (nSPS) is 17.6. The Bertz CT molecular complexity index is 1340. The molecule has 1 fully saturated rings. The van der Waals surface area contributed by atoms with E-state index in [0.717, 1.165) is 49.6 Å². The van der Waals surface area contributed by atoms with Crippen LogP contribution < -0.4 is 0 Å². The van der Waals surface area contributed by atoms with Crippen molar-refractivity contribution in [1.29, 1.82) is 0 Å². The molecule has 4 nitrogen and oxygen atoms in total. The highest BCUT2D eigenvalue weighted by atomic mass is 15.3. The molecule has 0 aliphatic carbocycles. The van der Waals surface area contributed by atoms with Gasteiger partial charge in [-0.3, -0.25) is 9.80 Å². The third-order valence-electron chi connectivity index (χ3n) is 6.75. The summed E-state index contributed by atoms with van der Waals surface area (Å²) in [5, 5.41) is 2.60. The highest BCUT2D eigenvalue weighted by Crippen LogP contribution is 2.29. The minimum atomic E-state index is 0.223. The van der Waals surface area contributed by atoms with Gasteiger partial charge in [-0.1, -0.05) is 78.9 Å². The highest BCUT2D eigenvalue weighted by molar-refractivity contribution is 5.83. The minimum Gasteiger partial charge on any atom is -0.341 e. The molecule has 164 valence electrons. The Labute approximate surface area is 194 Å². The van der Waals surface area contributed by atoms with Crippen molar-refractivity contribution in [2.24, 2.45) is 0 Å². The molecule has 1 N–H and O–H groups in total. The molecule has 1 unspecified atom stereocenters. The molecule has 2 heterocycles. The number of fused-ring (bicyclic) bond motifs is 2. The lowest BCUT2D eigenvalue weighted by Gasteiger charge is -2.40. The minimum absolute atomic E-state index is 0.223. The quantitative estimate of drug-likeness (QED) is 0.383. The summed E-state index contributed by atoms with van der Waals surface area (Å²) in [6, 6.07) is 34.8. The Morgan fingerprint density at radius 3 is 2.39 bits per heavy atom. The Morgan fingerprint density at radius 2 is 1.52 bits per heavy atom. The van der Waals surface area contributed by atoms with Crippen molar-refractivity contribution >= 4 is 21.8 Å². The summed E-state index contributed by atoms with van der Waals surface area (Å²) in [5.41, 5.74) is 4.87. The third kappa shape index (κ3) is 4.28. The molecule has 4 heteroatoms. The van der Waals surface area contributed by atoms with E-state index in [1.54, 1.807) is 0 Å². The zero-order valence-electron chi connectivity index (χ0n) is 18.7. The van der Waals surface area contributed by atoms with Crippen LogP contribution in [0.3, 0.4) is 0 Å². The predicted octanol–water partition coefficient (Wildman–Crippen LogP) is 5.78. The van der Waals surface area contributed by atoms with Gasteiger partial charge in [0.1, 0.15) is 5.82 Å². The lowest BCUT2D eigenvalue weighted by Crippen LogP contribution is -2.47. The number of piperazine rings is 1. The summed E-state index contributed by atoms with van der Waals surface area (Å²) in [5.74, 6) is 1.06. The number of H-pyrrole nitrogens is 1. The van der Waals surface area contributed by atoms with E-state index in [1.165, 1.54) is 21.9 Å². The van der Waals surface area contributed by atoms with Crippen LogP contribution in [0.15, 0.2) is 97.1 Å². The molecule has 33 heavy (non-hydrogen) atoms. The zero-order chi connectivity index (χ0) is 22.0. The van der Waals surface area contributed by atoms with Gasteiger partial charge in [0.15, 0.2) is 0 Å². The number of para-hydroxylation sites is 2. The van der Waals surface area contributed by atoms with Gasteiger partial charge in [-0.25, -0.2) is 4.98 Å². The molecular formula is C29H28N4. The first-order chi connectivity index (χ1) is 16.3. The largest absolute Gasteiger partial charge is 0.341 e. The van der Waals surface area contributed by atoms with Crippen molar-refractivity contribution < 1.29 is 0 Å². The Hall–Kier alpha value is -3.47. The second kappa shape index (κ2) is 8.81. The molecule has 1 aromatic heterocycles. The van der Waals surface area contributed by atoms with E-state index in [0.29, 0.717) is 0 Å². The maximum atomic E-state index is 5.00. The topological polar surface area (TPSA) is 35.2 Å². The fourth-order valence-corrected chi connectivity index (χ4v) is 5.01. The fraction of sp³-hybridized carbons (Fsp3) is 0.207. The molecule has 4 aromatic carbocycles. The number of hydrogen-bond acceptors (Lipinski definition) is 3. The first kappa shape index (κ1) is 20.2. The second-order valence-electron chi connectivity index (χ2n) is 9.03. The van der Waals surface area contributed by atoms with Crippen LogP contribution in [0.1, 0.15) is 23.0 Å². The summed E-state index contributed by atoms with van der Waals surface area (Å²) in [4.78, 5) is 13.8. The zero-order valence-corrected chi connectivity index (χ0v) is 18.7. The maximum Gasteiger partial charge on any atom is 0.126 e. The smallest absolute Gasteiger partial charge is 0.126 e. The monoisotopic (exact) mass is 432 g/mol. The Kier molecular flexibility index (Phi) is 5.38. The molecule has 0 amide bonds. The fourth-order valence-electron chi connectivity index (χ4n) is 5.01. The molecule has 1 aliphatic heterocycles. The number of aromatic amines is 1. The van der Waals surface area contributed by atoms with Gasteiger partial charge in [0.25, 0.3) is 0 Å². The van der Waals surface area contributed by atoms with Gasteiger partial charge in [0.05, 0.1) is 17.1 Å². The number of aromatic nitrogens is 2. The second-order valence-corrected chi connectivity index (χ2v) is 9.03. The van der Waals surface area contributed by atoms with Crippen LogP contribution >= 0.6 is 0 Å². The molecule has 0 saturated carbocycles. The molecule has 0 spiro atoms. The van der Waals surface area contributed by atoms with Crippen molar-refractivity contribution in [2.45, 2.75) is 19.1 Å². The predicted molar refractivity (Wildman–Crippen MR) is 135 cm³/mol. The maximum absolute atomic E-state index is 5.00. The van der Waals surface area contributed by atoms with E-state index in [1.807, 2.05) is 0 Å². The van der Waals surface area contributed by atoms with E-state index < -0.39 is 0 Å². The number of rotatable bonds is 5. The van der Waals surface area contributed by atoms with Crippen LogP contribution in [0, 0.1) is 0 Å². The Morgan fingerprint density at radius 1 is 0.727 bits per heavy atom. The number of nitrogens with zero attached hydrogens (tertiary/aromatic N) is 3. The van der Waals surface area contributed by atoms with Crippen LogP contribution in [0.25, 0.3) is 21.8 Å². The molecule has 5 aromatic rings. The summed E-state index contributed by atoms with van der Waals surface area (Å²) in [6.45, 7) is 4.93. The van der Waals surface area contributed by atoms with Crippen molar-refractivity contribution in [2.75, 3.05) is 19.6 Å². The van der Waals surface area contributed by atoms with Gasteiger partial charge >= 0.3 is 0 Å². The van der Waals surface area contributed by atoms with Gasteiger partial charge in [-0.2, -0.15) is 0 Å². The van der Waals surface area contributed by atoms with Gasteiger partial charge in [-0.05, 0) is 40.1 Å². The lowest BCUT2D eigenvalue weighted by molar-refractivity contribution is 0.0597. The van der Waals surface area contributed by atoms with Crippen molar-refractivity contribution in [1.82, 2.24) is 19.8 Å². The summed E-state index contributed by atoms with van der Waals surface area (Å²) < 4.78 is 0. The van der Waals surface area contributed by atoms with E-state index in [9.17, 15) is 0 Å². The van der Waals surface area contributed by atoms with Crippen molar-refractivity contribution in [3.8, 4) is 0 Å².